The van der Waals surface area contributed by atoms with Gasteiger partial charge >= 0.3 is 0 Å². The highest BCUT2D eigenvalue weighted by atomic mass is 35.5. The van der Waals surface area contributed by atoms with Crippen LogP contribution in [0.25, 0.3) is 0 Å². The number of halogens is 1. The van der Waals surface area contributed by atoms with Crippen molar-refractivity contribution in [3.8, 4) is 0 Å². The summed E-state index contributed by atoms with van der Waals surface area (Å²) in [7, 11) is 0. The average Bonchev–Trinajstić information content (AvgIpc) is 2.56. The standard InChI is InChI=1S/C11H19N3O3.ClH/c15-10-8(3-1-2-4-13-10)14-11(16)9-7-17-6-5-12-9;/h8-9,12H,1-7H2,(H,13,15)(H,14,16);1H. The van der Waals surface area contributed by atoms with E-state index in [0.29, 0.717) is 32.7 Å². The van der Waals surface area contributed by atoms with Gasteiger partial charge in [-0.25, -0.2) is 0 Å². The summed E-state index contributed by atoms with van der Waals surface area (Å²) in [5.74, 6) is -0.223. The van der Waals surface area contributed by atoms with Crippen molar-refractivity contribution < 1.29 is 14.3 Å². The van der Waals surface area contributed by atoms with E-state index in [4.69, 9.17) is 4.74 Å². The van der Waals surface area contributed by atoms with E-state index >= 15 is 0 Å². The van der Waals surface area contributed by atoms with Crippen molar-refractivity contribution in [2.24, 2.45) is 0 Å². The minimum atomic E-state index is -0.395. The Balaban J connectivity index is 0.00000162. The van der Waals surface area contributed by atoms with Gasteiger partial charge in [-0.1, -0.05) is 0 Å². The molecule has 0 bridgehead atoms. The Labute approximate surface area is 113 Å². The van der Waals surface area contributed by atoms with E-state index in [9.17, 15) is 9.59 Å². The Kier molecular flexibility index (Phi) is 6.38. The Hall–Kier alpha value is -0.850. The van der Waals surface area contributed by atoms with E-state index in [-0.39, 0.29) is 30.3 Å². The maximum Gasteiger partial charge on any atom is 0.242 e. The predicted molar refractivity (Wildman–Crippen MR) is 68.6 cm³/mol. The van der Waals surface area contributed by atoms with Gasteiger partial charge in [0.25, 0.3) is 0 Å². The first-order valence-electron chi connectivity index (χ1n) is 6.16. The first-order valence-corrected chi connectivity index (χ1v) is 6.16. The highest BCUT2D eigenvalue weighted by Crippen LogP contribution is 2.06. The number of nitrogens with one attached hydrogen (secondary N) is 3. The van der Waals surface area contributed by atoms with E-state index in [1.54, 1.807) is 0 Å². The normalized spacial score (nSPS) is 28.6. The van der Waals surface area contributed by atoms with Gasteiger partial charge in [0.2, 0.25) is 11.8 Å². The maximum absolute atomic E-state index is 11.9. The lowest BCUT2D eigenvalue weighted by Crippen LogP contribution is -2.55. The second kappa shape index (κ2) is 7.56. The number of amides is 2. The van der Waals surface area contributed by atoms with Crippen molar-refractivity contribution in [1.82, 2.24) is 16.0 Å². The van der Waals surface area contributed by atoms with E-state index in [1.807, 2.05) is 0 Å². The van der Waals surface area contributed by atoms with Crippen LogP contribution in [0.3, 0.4) is 0 Å². The number of carbonyl (C=O) groups excluding carboxylic acids is 2. The van der Waals surface area contributed by atoms with Crippen LogP contribution in [0.2, 0.25) is 0 Å². The summed E-state index contributed by atoms with van der Waals surface area (Å²) in [6, 6.07) is -0.728. The molecule has 104 valence electrons. The summed E-state index contributed by atoms with van der Waals surface area (Å²) in [6.07, 6.45) is 2.65. The van der Waals surface area contributed by atoms with Crippen LogP contribution in [0, 0.1) is 0 Å². The van der Waals surface area contributed by atoms with Crippen LogP contribution in [0.4, 0.5) is 0 Å². The summed E-state index contributed by atoms with van der Waals surface area (Å²) in [6.45, 7) is 2.39. The molecule has 7 heteroatoms. The predicted octanol–water partition coefficient (Wildman–Crippen LogP) is -0.818. The summed E-state index contributed by atoms with van der Waals surface area (Å²) in [5.41, 5.74) is 0. The maximum atomic E-state index is 11.9. The highest BCUT2D eigenvalue weighted by Gasteiger charge is 2.27. The van der Waals surface area contributed by atoms with Crippen molar-refractivity contribution in [2.75, 3.05) is 26.3 Å². The lowest BCUT2D eigenvalue weighted by Gasteiger charge is -2.25. The molecule has 18 heavy (non-hydrogen) atoms. The van der Waals surface area contributed by atoms with Crippen LogP contribution in [-0.2, 0) is 14.3 Å². The Morgan fingerprint density at radius 2 is 2.17 bits per heavy atom. The van der Waals surface area contributed by atoms with Gasteiger partial charge in [0.15, 0.2) is 0 Å². The SMILES string of the molecule is Cl.O=C(NC1CCCCNC1=O)C1COCCN1. The molecule has 2 aliphatic rings. The molecule has 0 aromatic heterocycles. The molecule has 2 rings (SSSR count). The lowest BCUT2D eigenvalue weighted by atomic mass is 10.1. The first kappa shape index (κ1) is 15.2. The smallest absolute Gasteiger partial charge is 0.242 e. The number of rotatable bonds is 2. The Morgan fingerprint density at radius 3 is 2.89 bits per heavy atom. The largest absolute Gasteiger partial charge is 0.378 e. The van der Waals surface area contributed by atoms with Gasteiger partial charge in [-0.2, -0.15) is 0 Å². The molecule has 2 aliphatic heterocycles. The van der Waals surface area contributed by atoms with Crippen LogP contribution in [0.1, 0.15) is 19.3 Å². The molecule has 2 fully saturated rings. The van der Waals surface area contributed by atoms with E-state index < -0.39 is 6.04 Å². The molecule has 0 radical (unpaired) electrons. The lowest BCUT2D eigenvalue weighted by molar-refractivity contribution is -0.131. The summed E-state index contributed by atoms with van der Waals surface area (Å²) >= 11 is 0. The van der Waals surface area contributed by atoms with Crippen molar-refractivity contribution in [3.05, 3.63) is 0 Å². The summed E-state index contributed by atoms with van der Waals surface area (Å²) < 4.78 is 5.22. The molecule has 2 saturated heterocycles. The third-order valence-electron chi connectivity index (χ3n) is 3.09. The van der Waals surface area contributed by atoms with Crippen LogP contribution in [0.5, 0.6) is 0 Å². The molecule has 2 atom stereocenters. The molecule has 0 aliphatic carbocycles. The molecule has 2 unspecified atom stereocenters. The molecular formula is C11H20ClN3O3. The number of carbonyl (C=O) groups is 2. The van der Waals surface area contributed by atoms with Crippen LogP contribution >= 0.6 is 12.4 Å². The van der Waals surface area contributed by atoms with Gasteiger partial charge < -0.3 is 20.7 Å². The number of hydrogen-bond acceptors (Lipinski definition) is 4. The molecular weight excluding hydrogens is 258 g/mol. The van der Waals surface area contributed by atoms with Gasteiger partial charge in [0.05, 0.1) is 13.2 Å². The van der Waals surface area contributed by atoms with Gasteiger partial charge in [-0.05, 0) is 19.3 Å². The van der Waals surface area contributed by atoms with Crippen molar-refractivity contribution in [1.29, 1.82) is 0 Å². The van der Waals surface area contributed by atoms with E-state index in [2.05, 4.69) is 16.0 Å². The van der Waals surface area contributed by atoms with Gasteiger partial charge in [-0.3, -0.25) is 9.59 Å². The molecule has 3 N–H and O–H groups in total. The van der Waals surface area contributed by atoms with Crippen molar-refractivity contribution in [3.63, 3.8) is 0 Å². The number of hydrogen-bond donors (Lipinski definition) is 3. The third-order valence-corrected chi connectivity index (χ3v) is 3.09. The second-order valence-electron chi connectivity index (χ2n) is 4.43. The first-order chi connectivity index (χ1) is 8.27. The fraction of sp³-hybridized carbons (Fsp3) is 0.818. The van der Waals surface area contributed by atoms with Gasteiger partial charge in [0.1, 0.15) is 12.1 Å². The van der Waals surface area contributed by atoms with Gasteiger partial charge in [-0.15, -0.1) is 12.4 Å². The fourth-order valence-corrected chi connectivity index (χ4v) is 2.08. The van der Waals surface area contributed by atoms with Crippen LogP contribution < -0.4 is 16.0 Å². The van der Waals surface area contributed by atoms with Crippen LogP contribution in [0.15, 0.2) is 0 Å². The molecule has 2 amide bonds. The third kappa shape index (κ3) is 4.12. The summed E-state index contributed by atoms with van der Waals surface area (Å²) in [4.78, 5) is 23.5. The zero-order chi connectivity index (χ0) is 12.1. The van der Waals surface area contributed by atoms with Crippen molar-refractivity contribution >= 4 is 24.2 Å². The topological polar surface area (TPSA) is 79.5 Å². The van der Waals surface area contributed by atoms with E-state index in [0.717, 1.165) is 12.8 Å². The highest BCUT2D eigenvalue weighted by molar-refractivity contribution is 5.90. The number of ether oxygens (including phenoxy) is 1. The number of morpholine rings is 1. The van der Waals surface area contributed by atoms with Crippen molar-refractivity contribution in [2.45, 2.75) is 31.3 Å². The average molecular weight is 278 g/mol. The minimum Gasteiger partial charge on any atom is -0.378 e. The Morgan fingerprint density at radius 1 is 1.33 bits per heavy atom. The van der Waals surface area contributed by atoms with Gasteiger partial charge in [0, 0.05) is 13.1 Å². The molecule has 0 saturated carbocycles. The molecule has 0 aromatic carbocycles. The monoisotopic (exact) mass is 277 g/mol. The molecule has 6 nitrogen and oxygen atoms in total. The molecule has 0 spiro atoms. The second-order valence-corrected chi connectivity index (χ2v) is 4.43. The zero-order valence-electron chi connectivity index (χ0n) is 10.2. The van der Waals surface area contributed by atoms with E-state index in [1.165, 1.54) is 0 Å². The minimum absolute atomic E-state index is 0. The van der Waals surface area contributed by atoms with Crippen LogP contribution in [-0.4, -0.2) is 50.2 Å². The quantitative estimate of drug-likeness (QED) is 0.616. The molecule has 0 aromatic rings. The summed E-state index contributed by atoms with van der Waals surface area (Å²) in [5, 5.41) is 8.65. The fourth-order valence-electron chi connectivity index (χ4n) is 2.08. The zero-order valence-corrected chi connectivity index (χ0v) is 11.1. The molecule has 2 heterocycles. The Bertz CT molecular complexity index is 295.